The number of rotatable bonds is 4. The number of carbonyl (C=O) groups is 1. The van der Waals surface area contributed by atoms with Crippen molar-refractivity contribution in [2.24, 2.45) is 5.73 Å². The number of hydrogen-bond donors (Lipinski definition) is 4. The van der Waals surface area contributed by atoms with Crippen LogP contribution in [0.4, 0.5) is 13.2 Å². The lowest BCUT2D eigenvalue weighted by molar-refractivity contribution is -0.0723. The van der Waals surface area contributed by atoms with Gasteiger partial charge in [0.05, 0.1) is 5.56 Å². The molecule has 0 saturated carbocycles. The first-order valence-corrected chi connectivity index (χ1v) is 4.71. The molecule has 0 radical (unpaired) electrons. The van der Waals surface area contributed by atoms with Crippen molar-refractivity contribution in [2.75, 3.05) is 6.61 Å². The smallest absolute Gasteiger partial charge is 0.339 e. The van der Waals surface area contributed by atoms with Gasteiger partial charge in [-0.1, -0.05) is 0 Å². The number of carboxylic acid groups (broad SMARTS) is 1. The molecule has 18 heavy (non-hydrogen) atoms. The third-order valence-electron chi connectivity index (χ3n) is 2.37. The molecule has 0 fully saturated rings. The molecular weight excluding hydrogens is 255 g/mol. The third kappa shape index (κ3) is 2.39. The minimum Gasteiger partial charge on any atom is -0.507 e. The molecule has 1 atom stereocenters. The summed E-state index contributed by atoms with van der Waals surface area (Å²) in [6.45, 7) is -1.66. The van der Waals surface area contributed by atoms with Gasteiger partial charge in [-0.3, -0.25) is 0 Å². The second kappa shape index (κ2) is 4.83. The van der Waals surface area contributed by atoms with Gasteiger partial charge in [-0.05, 0) is 12.1 Å². The molecule has 0 amide bonds. The second-order valence-electron chi connectivity index (χ2n) is 3.56. The number of benzene rings is 1. The highest BCUT2D eigenvalue weighted by atomic mass is 19.3. The lowest BCUT2D eigenvalue weighted by Crippen LogP contribution is -2.37. The Balaban J connectivity index is 3.40. The van der Waals surface area contributed by atoms with Crippen LogP contribution in [0.3, 0.4) is 0 Å². The fourth-order valence-corrected chi connectivity index (χ4v) is 1.36. The van der Waals surface area contributed by atoms with E-state index < -0.39 is 47.2 Å². The van der Waals surface area contributed by atoms with Gasteiger partial charge in [0.1, 0.15) is 29.8 Å². The zero-order valence-electron chi connectivity index (χ0n) is 8.90. The minimum absolute atomic E-state index is 0.603. The number of nitrogens with two attached hydrogens (primary N) is 1. The Morgan fingerprint density at radius 2 is 2.00 bits per heavy atom. The van der Waals surface area contributed by atoms with E-state index in [9.17, 15) is 23.1 Å². The van der Waals surface area contributed by atoms with Crippen molar-refractivity contribution in [2.45, 2.75) is 12.0 Å². The summed E-state index contributed by atoms with van der Waals surface area (Å²) >= 11 is 0. The van der Waals surface area contributed by atoms with E-state index in [0.717, 1.165) is 6.07 Å². The Morgan fingerprint density at radius 3 is 2.44 bits per heavy atom. The van der Waals surface area contributed by atoms with Gasteiger partial charge in [0, 0.05) is 0 Å². The van der Waals surface area contributed by atoms with Crippen LogP contribution in [0.2, 0.25) is 0 Å². The van der Waals surface area contributed by atoms with E-state index in [4.69, 9.17) is 15.9 Å². The number of aliphatic hydroxyl groups is 1. The lowest BCUT2D eigenvalue weighted by Gasteiger charge is -2.23. The Kier molecular flexibility index (Phi) is 3.82. The van der Waals surface area contributed by atoms with Gasteiger partial charge >= 0.3 is 5.97 Å². The highest BCUT2D eigenvalue weighted by Crippen LogP contribution is 2.37. The van der Waals surface area contributed by atoms with E-state index in [2.05, 4.69) is 0 Å². The summed E-state index contributed by atoms with van der Waals surface area (Å²) < 4.78 is 39.6. The van der Waals surface area contributed by atoms with Crippen LogP contribution in [0.1, 0.15) is 22.0 Å². The molecule has 8 heteroatoms. The van der Waals surface area contributed by atoms with E-state index >= 15 is 0 Å². The molecule has 0 spiro atoms. The first kappa shape index (κ1) is 14.3. The number of halogens is 3. The van der Waals surface area contributed by atoms with Crippen molar-refractivity contribution in [3.8, 4) is 5.75 Å². The number of hydrogen-bond acceptors (Lipinski definition) is 4. The second-order valence-corrected chi connectivity index (χ2v) is 3.56. The molecule has 0 aliphatic rings. The SMILES string of the molecule is N[C@@H](c1c(F)ccc(C(=O)O)c1O)C(F)(F)CO. The molecule has 100 valence electrons. The van der Waals surface area contributed by atoms with Crippen LogP contribution in [0, 0.1) is 5.82 Å². The average molecular weight is 265 g/mol. The maximum Gasteiger partial charge on any atom is 0.339 e. The zero-order chi connectivity index (χ0) is 14.1. The van der Waals surface area contributed by atoms with E-state index in [1.54, 1.807) is 0 Å². The van der Waals surface area contributed by atoms with E-state index in [0.29, 0.717) is 6.07 Å². The summed E-state index contributed by atoms with van der Waals surface area (Å²) in [4.78, 5) is 10.7. The molecule has 0 heterocycles. The quantitative estimate of drug-likeness (QED) is 0.646. The fraction of sp³-hybridized carbons (Fsp3) is 0.300. The Morgan fingerprint density at radius 1 is 1.44 bits per heavy atom. The third-order valence-corrected chi connectivity index (χ3v) is 2.37. The first-order valence-electron chi connectivity index (χ1n) is 4.71. The van der Waals surface area contributed by atoms with Gasteiger partial charge < -0.3 is 21.1 Å². The topological polar surface area (TPSA) is 104 Å². The van der Waals surface area contributed by atoms with Crippen LogP contribution < -0.4 is 5.73 Å². The van der Waals surface area contributed by atoms with Crippen molar-refractivity contribution in [1.29, 1.82) is 0 Å². The molecular formula is C10H10F3NO4. The molecule has 0 aliphatic carbocycles. The molecule has 0 bridgehead atoms. The predicted molar refractivity (Wildman–Crippen MR) is 54.0 cm³/mol. The molecule has 1 aromatic carbocycles. The van der Waals surface area contributed by atoms with Crippen molar-refractivity contribution < 1.29 is 33.3 Å². The standard InChI is InChI=1S/C10H10F3NO4/c11-5-2-1-4(9(17)18)7(16)6(5)8(14)10(12,13)3-15/h1-2,8,15-16H,3,14H2,(H,17,18)/t8-/m0/s1. The molecule has 0 aliphatic heterocycles. The number of phenols is 1. The van der Waals surface area contributed by atoms with Gasteiger partial charge in [0.15, 0.2) is 0 Å². The summed E-state index contributed by atoms with van der Waals surface area (Å²) in [6.07, 6.45) is 0. The largest absolute Gasteiger partial charge is 0.507 e. The van der Waals surface area contributed by atoms with Crippen molar-refractivity contribution in [3.63, 3.8) is 0 Å². The van der Waals surface area contributed by atoms with Gasteiger partial charge in [-0.15, -0.1) is 0 Å². The van der Waals surface area contributed by atoms with Gasteiger partial charge in [-0.25, -0.2) is 18.0 Å². The normalized spacial score (nSPS) is 13.4. The minimum atomic E-state index is -3.89. The summed E-state index contributed by atoms with van der Waals surface area (Å²) in [6, 6.07) is -1.03. The van der Waals surface area contributed by atoms with Crippen LogP contribution in [-0.4, -0.2) is 33.8 Å². The van der Waals surface area contributed by atoms with Crippen LogP contribution in [0.15, 0.2) is 12.1 Å². The average Bonchev–Trinajstić information content (AvgIpc) is 2.28. The summed E-state index contributed by atoms with van der Waals surface area (Å²) in [5.41, 5.74) is 3.25. The van der Waals surface area contributed by atoms with Crippen LogP contribution in [0.25, 0.3) is 0 Å². The molecule has 0 unspecified atom stereocenters. The Labute approximate surface area is 99.3 Å². The van der Waals surface area contributed by atoms with Crippen molar-refractivity contribution in [3.05, 3.63) is 29.1 Å². The number of aromatic hydroxyl groups is 1. The lowest BCUT2D eigenvalue weighted by atomic mass is 9.97. The summed E-state index contributed by atoms with van der Waals surface area (Å²) in [5, 5.41) is 26.6. The Hall–Kier alpha value is -1.80. The zero-order valence-corrected chi connectivity index (χ0v) is 8.90. The fourth-order valence-electron chi connectivity index (χ4n) is 1.36. The monoisotopic (exact) mass is 265 g/mol. The molecule has 0 saturated heterocycles. The van der Waals surface area contributed by atoms with Crippen LogP contribution in [0.5, 0.6) is 5.75 Å². The number of alkyl halides is 2. The number of aliphatic hydroxyl groups excluding tert-OH is 1. The molecule has 5 nitrogen and oxygen atoms in total. The number of aromatic carboxylic acids is 1. The Bertz CT molecular complexity index is 478. The summed E-state index contributed by atoms with van der Waals surface area (Å²) in [5.74, 6) is -7.97. The van der Waals surface area contributed by atoms with Crippen LogP contribution in [-0.2, 0) is 0 Å². The first-order chi connectivity index (χ1) is 8.22. The molecule has 5 N–H and O–H groups in total. The summed E-state index contributed by atoms with van der Waals surface area (Å²) in [7, 11) is 0. The maximum absolute atomic E-state index is 13.4. The molecule has 1 rings (SSSR count). The van der Waals surface area contributed by atoms with Gasteiger partial charge in [0.2, 0.25) is 0 Å². The highest BCUT2D eigenvalue weighted by molar-refractivity contribution is 5.91. The van der Waals surface area contributed by atoms with Gasteiger partial charge in [0.25, 0.3) is 5.92 Å². The molecule has 1 aromatic rings. The van der Waals surface area contributed by atoms with Crippen LogP contribution >= 0.6 is 0 Å². The number of carboxylic acids is 1. The van der Waals surface area contributed by atoms with Crippen molar-refractivity contribution in [1.82, 2.24) is 0 Å². The highest BCUT2D eigenvalue weighted by Gasteiger charge is 2.41. The van der Waals surface area contributed by atoms with Crippen molar-refractivity contribution >= 4 is 5.97 Å². The molecule has 0 aromatic heterocycles. The maximum atomic E-state index is 13.4. The van der Waals surface area contributed by atoms with E-state index in [1.165, 1.54) is 0 Å². The van der Waals surface area contributed by atoms with Gasteiger partial charge in [-0.2, -0.15) is 0 Å². The predicted octanol–water partition coefficient (Wildman–Crippen LogP) is 0.857. The van der Waals surface area contributed by atoms with E-state index in [-0.39, 0.29) is 0 Å². The van der Waals surface area contributed by atoms with E-state index in [1.807, 2.05) is 0 Å².